The maximum atomic E-state index is 11.8. The maximum Gasteiger partial charge on any atom is 0.224 e. The van der Waals surface area contributed by atoms with Crippen LogP contribution >= 0.6 is 0 Å². The van der Waals surface area contributed by atoms with Crippen molar-refractivity contribution in [2.24, 2.45) is 0 Å². The summed E-state index contributed by atoms with van der Waals surface area (Å²) in [6.45, 7) is 0.350. The predicted molar refractivity (Wildman–Crippen MR) is 71.6 cm³/mol. The average Bonchev–Trinajstić information content (AvgIpc) is 2.98. The van der Waals surface area contributed by atoms with Crippen LogP contribution in [0.1, 0.15) is 11.3 Å². The number of amides is 1. The lowest BCUT2D eigenvalue weighted by Gasteiger charge is -2.09. The molecular weight excluding hydrogens is 260 g/mol. The Morgan fingerprint density at radius 2 is 2.10 bits per heavy atom. The number of oxazole rings is 1. The van der Waals surface area contributed by atoms with E-state index in [9.17, 15) is 4.79 Å². The Bertz CT molecular complexity index is 567. The fourth-order valence-corrected chi connectivity index (χ4v) is 1.75. The molecule has 106 valence electrons. The van der Waals surface area contributed by atoms with E-state index in [1.165, 1.54) is 12.7 Å². The van der Waals surface area contributed by atoms with E-state index < -0.39 is 0 Å². The van der Waals surface area contributed by atoms with E-state index in [0.717, 1.165) is 5.56 Å². The van der Waals surface area contributed by atoms with Gasteiger partial charge >= 0.3 is 0 Å². The number of aromatic nitrogens is 1. The lowest BCUT2D eigenvalue weighted by atomic mass is 10.1. The molecule has 1 heterocycles. The monoisotopic (exact) mass is 276 g/mol. The van der Waals surface area contributed by atoms with Gasteiger partial charge in [-0.3, -0.25) is 4.79 Å². The summed E-state index contributed by atoms with van der Waals surface area (Å²) in [5.41, 5.74) is 1.53. The summed E-state index contributed by atoms with van der Waals surface area (Å²) in [5, 5.41) is 2.77. The average molecular weight is 276 g/mol. The molecule has 1 aromatic carbocycles. The molecule has 0 saturated carbocycles. The summed E-state index contributed by atoms with van der Waals surface area (Å²) < 4.78 is 15.2. The van der Waals surface area contributed by atoms with E-state index in [-0.39, 0.29) is 12.3 Å². The summed E-state index contributed by atoms with van der Waals surface area (Å²) >= 11 is 0. The largest absolute Gasteiger partial charge is 0.493 e. The number of hydrogen-bond acceptors (Lipinski definition) is 5. The third kappa shape index (κ3) is 3.50. The number of nitrogens with zero attached hydrogens (tertiary/aromatic N) is 1. The number of hydrogen-bond donors (Lipinski definition) is 1. The van der Waals surface area contributed by atoms with Gasteiger partial charge in [-0.25, -0.2) is 4.98 Å². The van der Waals surface area contributed by atoms with Gasteiger partial charge in [0.05, 0.1) is 32.9 Å². The Morgan fingerprint density at radius 3 is 2.75 bits per heavy atom. The minimum Gasteiger partial charge on any atom is -0.493 e. The van der Waals surface area contributed by atoms with Crippen LogP contribution in [-0.4, -0.2) is 25.1 Å². The molecule has 6 heteroatoms. The van der Waals surface area contributed by atoms with Gasteiger partial charge in [-0.15, -0.1) is 0 Å². The predicted octanol–water partition coefficient (Wildman–Crippen LogP) is 1.55. The molecule has 20 heavy (non-hydrogen) atoms. The number of carbonyl (C=O) groups excluding carboxylic acids is 1. The fraction of sp³-hybridized carbons (Fsp3) is 0.286. The van der Waals surface area contributed by atoms with Gasteiger partial charge < -0.3 is 19.2 Å². The van der Waals surface area contributed by atoms with Crippen LogP contribution in [0.15, 0.2) is 35.3 Å². The van der Waals surface area contributed by atoms with Gasteiger partial charge in [0.1, 0.15) is 6.26 Å². The highest BCUT2D eigenvalue weighted by Gasteiger charge is 2.08. The second-order valence-electron chi connectivity index (χ2n) is 4.12. The van der Waals surface area contributed by atoms with Gasteiger partial charge in [0.15, 0.2) is 17.9 Å². The molecule has 2 rings (SSSR count). The van der Waals surface area contributed by atoms with Gasteiger partial charge in [0.2, 0.25) is 5.91 Å². The Labute approximate surface area is 116 Å². The Hall–Kier alpha value is -2.50. The zero-order valence-corrected chi connectivity index (χ0v) is 11.4. The molecule has 0 aliphatic carbocycles. The first-order valence-corrected chi connectivity index (χ1v) is 6.07. The van der Waals surface area contributed by atoms with Crippen LogP contribution in [0.5, 0.6) is 11.5 Å². The Balaban J connectivity index is 1.93. The third-order valence-electron chi connectivity index (χ3n) is 2.76. The molecule has 0 fully saturated rings. The van der Waals surface area contributed by atoms with E-state index in [4.69, 9.17) is 13.9 Å². The second-order valence-corrected chi connectivity index (χ2v) is 4.12. The standard InChI is InChI=1S/C14H16N2O4/c1-18-12-4-3-10(5-13(12)19-2)6-14(17)15-7-11-8-20-9-16-11/h3-5,8-9H,6-7H2,1-2H3,(H,15,17). The second kappa shape index (κ2) is 6.60. The molecule has 0 unspecified atom stereocenters. The molecule has 0 aliphatic heterocycles. The zero-order valence-electron chi connectivity index (χ0n) is 11.4. The topological polar surface area (TPSA) is 73.6 Å². The van der Waals surface area contributed by atoms with Crippen molar-refractivity contribution >= 4 is 5.91 Å². The van der Waals surface area contributed by atoms with Crippen LogP contribution in [0.2, 0.25) is 0 Å². The molecule has 0 aliphatic rings. The van der Waals surface area contributed by atoms with Crippen LogP contribution in [0.3, 0.4) is 0 Å². The van der Waals surface area contributed by atoms with Gasteiger partial charge in [0.25, 0.3) is 0 Å². The van der Waals surface area contributed by atoms with Crippen molar-refractivity contribution in [2.75, 3.05) is 14.2 Å². The number of rotatable bonds is 6. The molecule has 1 N–H and O–H groups in total. The van der Waals surface area contributed by atoms with E-state index >= 15 is 0 Å². The first-order valence-electron chi connectivity index (χ1n) is 6.07. The molecule has 2 aromatic rings. The molecule has 0 spiro atoms. The van der Waals surface area contributed by atoms with Crippen LogP contribution in [0, 0.1) is 0 Å². The minimum absolute atomic E-state index is 0.0970. The molecule has 6 nitrogen and oxygen atoms in total. The summed E-state index contributed by atoms with van der Waals surface area (Å²) in [4.78, 5) is 15.7. The van der Waals surface area contributed by atoms with Crippen molar-refractivity contribution in [2.45, 2.75) is 13.0 Å². The van der Waals surface area contributed by atoms with Crippen molar-refractivity contribution in [3.05, 3.63) is 42.1 Å². The molecule has 0 bridgehead atoms. The number of ether oxygens (including phenoxy) is 2. The van der Waals surface area contributed by atoms with Crippen molar-refractivity contribution in [3.63, 3.8) is 0 Å². The number of benzene rings is 1. The summed E-state index contributed by atoms with van der Waals surface area (Å²) in [6.07, 6.45) is 3.09. The smallest absolute Gasteiger partial charge is 0.224 e. The van der Waals surface area contributed by atoms with Crippen molar-refractivity contribution in [1.82, 2.24) is 10.3 Å². The van der Waals surface area contributed by atoms with Crippen molar-refractivity contribution in [3.8, 4) is 11.5 Å². The molecule has 0 saturated heterocycles. The molecular formula is C14H16N2O4. The number of carbonyl (C=O) groups is 1. The van der Waals surface area contributed by atoms with Crippen molar-refractivity contribution < 1.29 is 18.7 Å². The van der Waals surface area contributed by atoms with Gasteiger partial charge in [-0.2, -0.15) is 0 Å². The van der Waals surface area contributed by atoms with E-state index in [0.29, 0.717) is 23.7 Å². The number of methoxy groups -OCH3 is 2. The van der Waals surface area contributed by atoms with E-state index in [1.54, 1.807) is 26.4 Å². The fourth-order valence-electron chi connectivity index (χ4n) is 1.75. The highest BCUT2D eigenvalue weighted by Crippen LogP contribution is 2.27. The van der Waals surface area contributed by atoms with Gasteiger partial charge in [0, 0.05) is 0 Å². The molecule has 0 atom stereocenters. The van der Waals surface area contributed by atoms with Gasteiger partial charge in [-0.1, -0.05) is 6.07 Å². The first kappa shape index (κ1) is 13.9. The lowest BCUT2D eigenvalue weighted by Crippen LogP contribution is -2.24. The van der Waals surface area contributed by atoms with Gasteiger partial charge in [-0.05, 0) is 17.7 Å². The summed E-state index contributed by atoms with van der Waals surface area (Å²) in [6, 6.07) is 5.39. The normalized spacial score (nSPS) is 10.1. The third-order valence-corrected chi connectivity index (χ3v) is 2.76. The highest BCUT2D eigenvalue weighted by molar-refractivity contribution is 5.78. The first-order chi connectivity index (χ1) is 9.72. The lowest BCUT2D eigenvalue weighted by molar-refractivity contribution is -0.120. The molecule has 0 radical (unpaired) electrons. The SMILES string of the molecule is COc1ccc(CC(=O)NCc2cocn2)cc1OC. The van der Waals surface area contributed by atoms with Crippen LogP contribution < -0.4 is 14.8 Å². The number of nitrogens with one attached hydrogen (secondary N) is 1. The maximum absolute atomic E-state index is 11.8. The summed E-state index contributed by atoms with van der Waals surface area (Å²) in [7, 11) is 3.13. The Morgan fingerprint density at radius 1 is 1.30 bits per heavy atom. The Kier molecular flexibility index (Phi) is 4.60. The van der Waals surface area contributed by atoms with Crippen LogP contribution in [0.25, 0.3) is 0 Å². The zero-order chi connectivity index (χ0) is 14.4. The molecule has 1 aromatic heterocycles. The van der Waals surface area contributed by atoms with Crippen LogP contribution in [0.4, 0.5) is 0 Å². The van der Waals surface area contributed by atoms with E-state index in [1.807, 2.05) is 6.07 Å². The van der Waals surface area contributed by atoms with Crippen LogP contribution in [-0.2, 0) is 17.8 Å². The molecule has 1 amide bonds. The highest BCUT2D eigenvalue weighted by atomic mass is 16.5. The minimum atomic E-state index is -0.0970. The van der Waals surface area contributed by atoms with E-state index in [2.05, 4.69) is 10.3 Å². The van der Waals surface area contributed by atoms with Crippen molar-refractivity contribution in [1.29, 1.82) is 0 Å². The summed E-state index contributed by atoms with van der Waals surface area (Å²) in [5.74, 6) is 1.15. The quantitative estimate of drug-likeness (QED) is 0.866.